The molecule has 1 aliphatic heterocycles. The van der Waals surface area contributed by atoms with Crippen molar-refractivity contribution >= 4 is 27.3 Å². The molecule has 1 aliphatic rings. The van der Waals surface area contributed by atoms with Gasteiger partial charge in [-0.15, -0.1) is 0 Å². The molecule has 0 fully saturated rings. The maximum absolute atomic E-state index is 13.1. The molecule has 0 aromatic heterocycles. The largest absolute Gasteiger partial charge is 0.371 e. The van der Waals surface area contributed by atoms with Crippen LogP contribution in [0.2, 0.25) is 0 Å². The van der Waals surface area contributed by atoms with Gasteiger partial charge >= 0.3 is 0 Å². The molecule has 0 saturated carbocycles. The Labute approximate surface area is 165 Å². The van der Waals surface area contributed by atoms with Crippen molar-refractivity contribution in [3.05, 3.63) is 59.9 Å². The summed E-state index contributed by atoms with van der Waals surface area (Å²) < 4.78 is 38.1. The normalized spacial score (nSPS) is 13.3. The van der Waals surface area contributed by atoms with E-state index in [1.807, 2.05) is 12.1 Å². The first-order valence-corrected chi connectivity index (χ1v) is 11.0. The number of halogens is 1. The first-order valence-electron chi connectivity index (χ1n) is 9.17. The molecule has 8 heteroatoms. The Hall–Kier alpha value is -2.61. The number of para-hydroxylation sites is 1. The van der Waals surface area contributed by atoms with Gasteiger partial charge in [-0.2, -0.15) is 0 Å². The van der Waals surface area contributed by atoms with Crippen LogP contribution in [0, 0.1) is 5.82 Å². The lowest BCUT2D eigenvalue weighted by molar-refractivity contribution is -0.119. The van der Waals surface area contributed by atoms with E-state index in [0.717, 1.165) is 36.5 Å². The molecule has 0 unspecified atom stereocenters. The monoisotopic (exact) mass is 405 g/mol. The Balaban J connectivity index is 1.49. The lowest BCUT2D eigenvalue weighted by Gasteiger charge is -2.22. The third kappa shape index (κ3) is 5.01. The minimum Gasteiger partial charge on any atom is -0.371 e. The molecule has 0 aliphatic carbocycles. The Morgan fingerprint density at radius 3 is 2.61 bits per heavy atom. The first-order chi connectivity index (χ1) is 13.3. The Bertz CT molecular complexity index is 932. The summed E-state index contributed by atoms with van der Waals surface area (Å²) in [6.07, 6.45) is 2.81. The molecule has 150 valence electrons. The third-order valence-electron chi connectivity index (χ3n) is 4.71. The van der Waals surface area contributed by atoms with Crippen LogP contribution in [0.25, 0.3) is 0 Å². The van der Waals surface area contributed by atoms with Crippen LogP contribution in [0.5, 0.6) is 0 Å². The zero-order valence-electron chi connectivity index (χ0n) is 15.8. The van der Waals surface area contributed by atoms with E-state index in [4.69, 9.17) is 0 Å². The number of carbonyl (C=O) groups is 1. The number of carbonyl (C=O) groups excluding carboxylic acids is 1. The minimum absolute atomic E-state index is 0.257. The quantitative estimate of drug-likeness (QED) is 0.684. The number of sulfonamides is 1. The second-order valence-corrected chi connectivity index (χ2v) is 8.72. The van der Waals surface area contributed by atoms with Gasteiger partial charge in [0.05, 0.1) is 11.9 Å². The molecule has 6 nitrogen and oxygen atoms in total. The summed E-state index contributed by atoms with van der Waals surface area (Å²) in [6.45, 7) is 1.92. The molecular formula is C20H24FN3O3S. The highest BCUT2D eigenvalue weighted by Crippen LogP contribution is 2.27. The third-order valence-corrected chi connectivity index (χ3v) is 5.85. The van der Waals surface area contributed by atoms with Gasteiger partial charge in [-0.25, -0.2) is 12.8 Å². The van der Waals surface area contributed by atoms with E-state index in [-0.39, 0.29) is 12.2 Å². The van der Waals surface area contributed by atoms with Crippen molar-refractivity contribution in [2.75, 3.05) is 41.6 Å². The summed E-state index contributed by atoms with van der Waals surface area (Å²) in [5.41, 5.74) is 2.84. The summed E-state index contributed by atoms with van der Waals surface area (Å²) >= 11 is 0. The van der Waals surface area contributed by atoms with E-state index in [1.165, 1.54) is 35.5 Å². The van der Waals surface area contributed by atoms with Gasteiger partial charge < -0.3 is 10.2 Å². The zero-order chi connectivity index (χ0) is 20.1. The molecule has 3 rings (SSSR count). The molecule has 1 amide bonds. The van der Waals surface area contributed by atoms with Crippen LogP contribution in [0.3, 0.4) is 0 Å². The molecule has 2 aromatic carbocycles. The second kappa shape index (κ2) is 8.60. The lowest BCUT2D eigenvalue weighted by Crippen LogP contribution is -2.41. The van der Waals surface area contributed by atoms with Crippen LogP contribution in [0.4, 0.5) is 15.8 Å². The van der Waals surface area contributed by atoms with E-state index in [0.29, 0.717) is 6.54 Å². The highest BCUT2D eigenvalue weighted by atomic mass is 32.2. The van der Waals surface area contributed by atoms with E-state index in [1.54, 1.807) is 0 Å². The van der Waals surface area contributed by atoms with Crippen LogP contribution >= 0.6 is 0 Å². The van der Waals surface area contributed by atoms with E-state index < -0.39 is 21.7 Å². The highest BCUT2D eigenvalue weighted by molar-refractivity contribution is 7.92. The van der Waals surface area contributed by atoms with Crippen molar-refractivity contribution in [1.29, 1.82) is 0 Å². The van der Waals surface area contributed by atoms with Crippen LogP contribution in [-0.2, 0) is 21.2 Å². The highest BCUT2D eigenvalue weighted by Gasteiger charge is 2.21. The van der Waals surface area contributed by atoms with Crippen LogP contribution in [0.1, 0.15) is 12.0 Å². The van der Waals surface area contributed by atoms with Gasteiger partial charge in [0, 0.05) is 25.3 Å². The Kier molecular flexibility index (Phi) is 6.18. The molecule has 0 spiro atoms. The number of nitrogens with one attached hydrogen (secondary N) is 1. The van der Waals surface area contributed by atoms with Gasteiger partial charge in [0.25, 0.3) is 0 Å². The number of fused-ring (bicyclic) bond motifs is 1. The van der Waals surface area contributed by atoms with Crippen molar-refractivity contribution < 1.29 is 17.6 Å². The number of hydrogen-bond acceptors (Lipinski definition) is 4. The minimum atomic E-state index is -3.66. The Morgan fingerprint density at radius 2 is 1.89 bits per heavy atom. The number of amides is 1. The molecule has 0 atom stereocenters. The average molecular weight is 405 g/mol. The smallest absolute Gasteiger partial charge is 0.240 e. The summed E-state index contributed by atoms with van der Waals surface area (Å²) in [6, 6.07) is 13.3. The van der Waals surface area contributed by atoms with Crippen molar-refractivity contribution in [2.45, 2.75) is 12.8 Å². The molecule has 0 radical (unpaired) electrons. The first kappa shape index (κ1) is 20.1. The maximum atomic E-state index is 13.1. The van der Waals surface area contributed by atoms with Gasteiger partial charge in [0.2, 0.25) is 15.9 Å². The fourth-order valence-corrected chi connectivity index (χ4v) is 4.19. The molecule has 2 aromatic rings. The molecule has 1 heterocycles. The number of anilines is 2. The molecule has 1 N–H and O–H groups in total. The van der Waals surface area contributed by atoms with Crippen LogP contribution < -0.4 is 14.5 Å². The van der Waals surface area contributed by atoms with E-state index >= 15 is 0 Å². The summed E-state index contributed by atoms with van der Waals surface area (Å²) in [7, 11) is -3.66. The topological polar surface area (TPSA) is 69.7 Å². The maximum Gasteiger partial charge on any atom is 0.240 e. The van der Waals surface area contributed by atoms with E-state index in [2.05, 4.69) is 22.3 Å². The lowest BCUT2D eigenvalue weighted by atomic mass is 10.2. The number of benzene rings is 2. The number of nitrogens with zero attached hydrogens (tertiary/aromatic N) is 2. The van der Waals surface area contributed by atoms with Crippen molar-refractivity contribution in [2.24, 2.45) is 0 Å². The van der Waals surface area contributed by atoms with Crippen LogP contribution in [0.15, 0.2) is 48.5 Å². The van der Waals surface area contributed by atoms with Gasteiger partial charge in [0.15, 0.2) is 0 Å². The molecule has 0 saturated heterocycles. The summed E-state index contributed by atoms with van der Waals surface area (Å²) in [5, 5.41) is 2.77. The van der Waals surface area contributed by atoms with Gasteiger partial charge in [-0.1, -0.05) is 18.2 Å². The Morgan fingerprint density at radius 1 is 1.18 bits per heavy atom. The van der Waals surface area contributed by atoms with Crippen molar-refractivity contribution in [1.82, 2.24) is 5.32 Å². The van der Waals surface area contributed by atoms with Crippen LogP contribution in [-0.4, -0.2) is 46.8 Å². The fraction of sp³-hybridized carbons (Fsp3) is 0.350. The number of hydrogen-bond donors (Lipinski definition) is 1. The summed E-state index contributed by atoms with van der Waals surface area (Å²) in [5.74, 6) is -0.860. The SMILES string of the molecule is CS(=O)(=O)N(CC(=O)NCCCN1CCc2ccccc21)c1ccc(F)cc1. The molecule has 0 bridgehead atoms. The predicted octanol–water partition coefficient (Wildman–Crippen LogP) is 2.16. The molecule has 28 heavy (non-hydrogen) atoms. The van der Waals surface area contributed by atoms with Gasteiger partial charge in [0.1, 0.15) is 12.4 Å². The van der Waals surface area contributed by atoms with Crippen molar-refractivity contribution in [3.63, 3.8) is 0 Å². The van der Waals surface area contributed by atoms with Gasteiger partial charge in [-0.05, 0) is 48.7 Å². The average Bonchev–Trinajstić information content (AvgIpc) is 3.06. The standard InChI is InChI=1S/C20H24FN3O3S/c1-28(26,27)24(18-9-7-17(21)8-10-18)15-20(25)22-12-4-13-23-14-11-16-5-2-3-6-19(16)23/h2-3,5-10H,4,11-15H2,1H3,(H,22,25). The molecular weight excluding hydrogens is 381 g/mol. The van der Waals surface area contributed by atoms with E-state index in [9.17, 15) is 17.6 Å². The second-order valence-electron chi connectivity index (χ2n) is 6.82. The van der Waals surface area contributed by atoms with Gasteiger partial charge in [-0.3, -0.25) is 9.10 Å². The van der Waals surface area contributed by atoms with Crippen molar-refractivity contribution in [3.8, 4) is 0 Å². The fourth-order valence-electron chi connectivity index (χ4n) is 3.33. The zero-order valence-corrected chi connectivity index (χ0v) is 16.6. The predicted molar refractivity (Wildman–Crippen MR) is 109 cm³/mol. The summed E-state index contributed by atoms with van der Waals surface area (Å²) in [4.78, 5) is 14.5. The number of rotatable bonds is 8.